The van der Waals surface area contributed by atoms with Crippen molar-refractivity contribution in [1.82, 2.24) is 9.55 Å². The molecule has 1 aliphatic heterocycles. The van der Waals surface area contributed by atoms with Crippen LogP contribution in [-0.4, -0.2) is 45.2 Å². The van der Waals surface area contributed by atoms with E-state index in [0.717, 1.165) is 0 Å². The Balaban J connectivity index is 2.29. The van der Waals surface area contributed by atoms with Gasteiger partial charge in [-0.2, -0.15) is 4.98 Å². The van der Waals surface area contributed by atoms with Crippen molar-refractivity contribution in [2.24, 2.45) is 0 Å². The number of hydrogen-bond acceptors (Lipinski definition) is 6. The first kappa shape index (κ1) is 12.0. The van der Waals surface area contributed by atoms with Crippen LogP contribution < -0.4 is 11.4 Å². The summed E-state index contributed by atoms with van der Waals surface area (Å²) < 4.78 is 6.78. The van der Waals surface area contributed by atoms with Crippen molar-refractivity contribution in [3.8, 4) is 0 Å². The minimum Gasteiger partial charge on any atom is -0.394 e. The van der Waals surface area contributed by atoms with Crippen molar-refractivity contribution in [3.63, 3.8) is 0 Å². The highest BCUT2D eigenvalue weighted by Crippen LogP contribution is 2.29. The molecule has 94 valence electrons. The van der Waals surface area contributed by atoms with Gasteiger partial charge in [-0.25, -0.2) is 4.79 Å². The van der Waals surface area contributed by atoms with Gasteiger partial charge in [0.25, 0.3) is 0 Å². The number of nitrogens with zero attached hydrogens (tertiary/aromatic N) is 2. The molecule has 4 N–H and O–H groups in total. The van der Waals surface area contributed by atoms with Gasteiger partial charge in [0, 0.05) is 6.20 Å². The van der Waals surface area contributed by atoms with Crippen LogP contribution in [0.15, 0.2) is 17.1 Å². The summed E-state index contributed by atoms with van der Waals surface area (Å²) in [5.74, 6) is 0.157. The molecule has 0 unspecified atom stereocenters. The zero-order chi connectivity index (χ0) is 12.4. The van der Waals surface area contributed by atoms with E-state index in [1.165, 1.54) is 16.8 Å². The molecule has 1 aromatic heterocycles. The van der Waals surface area contributed by atoms with Crippen LogP contribution in [0.25, 0.3) is 0 Å². The molecular weight excluding hydrogens is 226 g/mol. The van der Waals surface area contributed by atoms with Crippen molar-refractivity contribution in [1.29, 1.82) is 0 Å². The zero-order valence-corrected chi connectivity index (χ0v) is 9.19. The molecule has 0 saturated carbocycles. The van der Waals surface area contributed by atoms with Gasteiger partial charge in [-0.15, -0.1) is 0 Å². The van der Waals surface area contributed by atoms with E-state index >= 15 is 0 Å². The molecule has 1 saturated heterocycles. The second-order valence-corrected chi connectivity index (χ2v) is 4.01. The van der Waals surface area contributed by atoms with E-state index in [0.29, 0.717) is 6.42 Å². The highest BCUT2D eigenvalue weighted by molar-refractivity contribution is 5.23. The molecule has 0 bridgehead atoms. The number of nitrogens with two attached hydrogens (primary N) is 1. The van der Waals surface area contributed by atoms with Crippen molar-refractivity contribution in [2.45, 2.75) is 24.7 Å². The first-order valence-corrected chi connectivity index (χ1v) is 5.37. The molecule has 0 amide bonds. The molecule has 1 fully saturated rings. The molecule has 0 aromatic carbocycles. The number of hydrogen-bond donors (Lipinski definition) is 3. The summed E-state index contributed by atoms with van der Waals surface area (Å²) in [6, 6.07) is 1.19. The van der Waals surface area contributed by atoms with E-state index in [9.17, 15) is 9.90 Å². The molecule has 0 aliphatic carbocycles. The van der Waals surface area contributed by atoms with Gasteiger partial charge in [-0.1, -0.05) is 0 Å². The van der Waals surface area contributed by atoms with Gasteiger partial charge in [0.1, 0.15) is 11.9 Å². The van der Waals surface area contributed by atoms with Gasteiger partial charge in [0.2, 0.25) is 0 Å². The highest BCUT2D eigenvalue weighted by atomic mass is 16.5. The van der Waals surface area contributed by atoms with Gasteiger partial charge in [0.05, 0.1) is 25.4 Å². The number of rotatable bonds is 3. The standard InChI is InChI=1S/C10H15N3O4/c11-9-1-2-13(10(16)12-9)7-3-6(4-14)17-8(7)5-15/h1-2,6-8,14-15H,3-5H2,(H2,11,12,16)/t6-,7-,8+/m0/s1. The van der Waals surface area contributed by atoms with E-state index in [2.05, 4.69) is 4.98 Å². The van der Waals surface area contributed by atoms with Gasteiger partial charge in [-0.3, -0.25) is 4.57 Å². The Labute approximate surface area is 97.5 Å². The Bertz CT molecular complexity index is 447. The largest absolute Gasteiger partial charge is 0.394 e. The number of nitrogen functional groups attached to an aromatic ring is 1. The molecule has 17 heavy (non-hydrogen) atoms. The van der Waals surface area contributed by atoms with Crippen LogP contribution in [0.5, 0.6) is 0 Å². The van der Waals surface area contributed by atoms with Crippen LogP contribution in [0.1, 0.15) is 12.5 Å². The van der Waals surface area contributed by atoms with Crippen LogP contribution in [0.3, 0.4) is 0 Å². The number of aromatic nitrogens is 2. The lowest BCUT2D eigenvalue weighted by atomic mass is 10.1. The summed E-state index contributed by atoms with van der Waals surface area (Å²) >= 11 is 0. The maximum atomic E-state index is 11.7. The third-order valence-corrected chi connectivity index (χ3v) is 2.89. The summed E-state index contributed by atoms with van der Waals surface area (Å²) in [6.07, 6.45) is 1.13. The Morgan fingerprint density at radius 2 is 2.29 bits per heavy atom. The second kappa shape index (κ2) is 4.82. The minimum atomic E-state index is -0.504. The molecule has 0 radical (unpaired) electrons. The lowest BCUT2D eigenvalue weighted by Gasteiger charge is -2.18. The maximum Gasteiger partial charge on any atom is 0.349 e. The van der Waals surface area contributed by atoms with Crippen molar-refractivity contribution in [3.05, 3.63) is 22.7 Å². The predicted molar refractivity (Wildman–Crippen MR) is 59.4 cm³/mol. The average molecular weight is 241 g/mol. The fourth-order valence-corrected chi connectivity index (χ4v) is 2.07. The van der Waals surface area contributed by atoms with Crippen molar-refractivity contribution >= 4 is 5.82 Å². The molecule has 0 spiro atoms. The van der Waals surface area contributed by atoms with Crippen LogP contribution >= 0.6 is 0 Å². The number of ether oxygens (including phenoxy) is 1. The highest BCUT2D eigenvalue weighted by Gasteiger charge is 2.36. The van der Waals surface area contributed by atoms with E-state index in [1.54, 1.807) is 0 Å². The summed E-state index contributed by atoms with van der Waals surface area (Å²) in [5.41, 5.74) is 4.93. The summed E-state index contributed by atoms with van der Waals surface area (Å²) in [7, 11) is 0. The number of anilines is 1. The van der Waals surface area contributed by atoms with Crippen molar-refractivity contribution < 1.29 is 14.9 Å². The second-order valence-electron chi connectivity index (χ2n) is 4.01. The third-order valence-electron chi connectivity index (χ3n) is 2.89. The van der Waals surface area contributed by atoms with Crippen LogP contribution in [0.4, 0.5) is 5.82 Å². The quantitative estimate of drug-likeness (QED) is 0.594. The fraction of sp³-hybridized carbons (Fsp3) is 0.600. The molecule has 1 aliphatic rings. The lowest BCUT2D eigenvalue weighted by molar-refractivity contribution is -0.0195. The molecule has 7 nitrogen and oxygen atoms in total. The molecule has 3 atom stereocenters. The summed E-state index contributed by atoms with van der Waals surface area (Å²) in [5, 5.41) is 18.2. The van der Waals surface area contributed by atoms with E-state index in [1.807, 2.05) is 0 Å². The smallest absolute Gasteiger partial charge is 0.349 e. The first-order valence-electron chi connectivity index (χ1n) is 5.37. The first-order chi connectivity index (χ1) is 8.15. The Morgan fingerprint density at radius 3 is 2.88 bits per heavy atom. The Hall–Kier alpha value is -1.44. The average Bonchev–Trinajstić information content (AvgIpc) is 2.72. The van der Waals surface area contributed by atoms with Gasteiger partial charge < -0.3 is 20.7 Å². The lowest BCUT2D eigenvalue weighted by Crippen LogP contribution is -2.33. The van der Waals surface area contributed by atoms with Gasteiger partial charge in [-0.05, 0) is 12.5 Å². The fourth-order valence-electron chi connectivity index (χ4n) is 2.07. The minimum absolute atomic E-state index is 0.135. The third kappa shape index (κ3) is 2.31. The van der Waals surface area contributed by atoms with Crippen LogP contribution in [0, 0.1) is 0 Å². The number of aliphatic hydroxyl groups is 2. The summed E-state index contributed by atoms with van der Waals surface area (Å²) in [6.45, 7) is -0.345. The van der Waals surface area contributed by atoms with Gasteiger partial charge >= 0.3 is 5.69 Å². The number of aliphatic hydroxyl groups excluding tert-OH is 2. The van der Waals surface area contributed by atoms with E-state index < -0.39 is 11.8 Å². The monoisotopic (exact) mass is 241 g/mol. The van der Waals surface area contributed by atoms with Crippen LogP contribution in [0.2, 0.25) is 0 Å². The Kier molecular flexibility index (Phi) is 3.41. The molecule has 2 heterocycles. The van der Waals surface area contributed by atoms with E-state index in [-0.39, 0.29) is 31.2 Å². The maximum absolute atomic E-state index is 11.7. The SMILES string of the molecule is Nc1ccn([C@H]2C[C@@H](CO)O[C@@H]2CO)c(=O)n1. The summed E-state index contributed by atoms with van der Waals surface area (Å²) in [4.78, 5) is 15.3. The van der Waals surface area contributed by atoms with Crippen LogP contribution in [-0.2, 0) is 4.74 Å². The zero-order valence-electron chi connectivity index (χ0n) is 9.19. The van der Waals surface area contributed by atoms with Crippen molar-refractivity contribution in [2.75, 3.05) is 18.9 Å². The molecule has 1 aromatic rings. The van der Waals surface area contributed by atoms with Gasteiger partial charge in [0.15, 0.2) is 0 Å². The Morgan fingerprint density at radius 1 is 1.53 bits per heavy atom. The topological polar surface area (TPSA) is 111 Å². The molecular formula is C10H15N3O4. The molecule has 7 heteroatoms. The molecule has 2 rings (SSSR count). The van der Waals surface area contributed by atoms with E-state index in [4.69, 9.17) is 15.6 Å². The normalized spacial score (nSPS) is 28.5. The predicted octanol–water partition coefficient (Wildman–Crippen LogP) is -1.49.